The van der Waals surface area contributed by atoms with E-state index in [1.54, 1.807) is 0 Å². The Morgan fingerprint density at radius 2 is 2.47 bits per heavy atom. The van der Waals surface area contributed by atoms with Crippen LogP contribution in [0.5, 0.6) is 0 Å². The Kier molecular flexibility index (Phi) is 5.07. The normalized spacial score (nSPS) is 22.4. The van der Waals surface area contributed by atoms with E-state index >= 15 is 0 Å². The fourth-order valence-corrected chi connectivity index (χ4v) is 1.30. The maximum Gasteiger partial charge on any atom is 0.157 e. The lowest BCUT2D eigenvalue weighted by Gasteiger charge is -2.16. The minimum Gasteiger partial charge on any atom is -0.501 e. The third kappa shape index (κ3) is 4.27. The Hall–Kier alpha value is -1.13. The fourth-order valence-electron chi connectivity index (χ4n) is 1.30. The fraction of sp³-hybridized carbons (Fsp3) is 0.455. The number of hydrogen-bond acceptors (Lipinski definition) is 3. The number of halogens is 1. The molecule has 0 spiro atoms. The lowest BCUT2D eigenvalue weighted by atomic mass is 10.0. The van der Waals surface area contributed by atoms with Gasteiger partial charge in [0.1, 0.15) is 6.26 Å². The van der Waals surface area contributed by atoms with Crippen molar-refractivity contribution in [1.82, 2.24) is 5.32 Å². The molecule has 0 atom stereocenters. The molecule has 1 fully saturated rings. The molecule has 0 radical (unpaired) electrons. The summed E-state index contributed by atoms with van der Waals surface area (Å²) in [4.78, 5) is 0. The largest absolute Gasteiger partial charge is 0.501 e. The van der Waals surface area contributed by atoms with E-state index in [9.17, 15) is 4.39 Å². The third-order valence-electron chi connectivity index (χ3n) is 2.05. The molecule has 1 aliphatic heterocycles. The summed E-state index contributed by atoms with van der Waals surface area (Å²) >= 11 is 0. The van der Waals surface area contributed by atoms with E-state index in [1.807, 2.05) is 0 Å². The SMILES string of the molecule is C=C1COCNCC/C1=C/C(F)=C/OC. The van der Waals surface area contributed by atoms with Crippen molar-refractivity contribution in [2.45, 2.75) is 6.42 Å². The standard InChI is InChI=1S/C11H16FNO2/c1-9-6-15-8-13-4-3-10(9)5-11(12)7-14-2/h5,7,13H,1,3-4,6,8H2,2H3/b10-5-,11-7-. The van der Waals surface area contributed by atoms with Gasteiger partial charge in [0.15, 0.2) is 5.83 Å². The maximum atomic E-state index is 13.2. The van der Waals surface area contributed by atoms with E-state index in [4.69, 9.17) is 4.74 Å². The van der Waals surface area contributed by atoms with E-state index < -0.39 is 5.83 Å². The molecule has 0 bridgehead atoms. The molecule has 3 nitrogen and oxygen atoms in total. The molecule has 1 heterocycles. The summed E-state index contributed by atoms with van der Waals surface area (Å²) in [7, 11) is 1.41. The zero-order valence-corrected chi connectivity index (χ0v) is 8.88. The van der Waals surface area contributed by atoms with E-state index in [2.05, 4.69) is 16.6 Å². The van der Waals surface area contributed by atoms with E-state index in [1.165, 1.54) is 13.2 Å². The molecule has 0 aromatic carbocycles. The van der Waals surface area contributed by atoms with Crippen LogP contribution in [-0.4, -0.2) is 27.0 Å². The second-order valence-electron chi connectivity index (χ2n) is 3.25. The Morgan fingerprint density at radius 3 is 3.20 bits per heavy atom. The molecule has 1 rings (SSSR count). The van der Waals surface area contributed by atoms with Gasteiger partial charge in [-0.2, -0.15) is 0 Å². The van der Waals surface area contributed by atoms with Gasteiger partial charge >= 0.3 is 0 Å². The van der Waals surface area contributed by atoms with Gasteiger partial charge in [0.2, 0.25) is 0 Å². The van der Waals surface area contributed by atoms with Crippen LogP contribution < -0.4 is 5.32 Å². The second-order valence-corrected chi connectivity index (χ2v) is 3.25. The minimum absolute atomic E-state index is 0.408. The first-order valence-electron chi connectivity index (χ1n) is 4.79. The predicted octanol–water partition coefficient (Wildman–Crippen LogP) is 1.89. The van der Waals surface area contributed by atoms with Gasteiger partial charge in [0, 0.05) is 6.54 Å². The lowest BCUT2D eigenvalue weighted by Crippen LogP contribution is -2.23. The van der Waals surface area contributed by atoms with Crippen molar-refractivity contribution in [1.29, 1.82) is 0 Å². The molecule has 1 aliphatic rings. The molecule has 0 saturated carbocycles. The number of nitrogens with one attached hydrogen (secondary N) is 1. The first kappa shape index (κ1) is 11.9. The van der Waals surface area contributed by atoms with Crippen molar-refractivity contribution < 1.29 is 13.9 Å². The summed E-state index contributed by atoms with van der Waals surface area (Å²) in [5.41, 5.74) is 1.67. The topological polar surface area (TPSA) is 30.5 Å². The quantitative estimate of drug-likeness (QED) is 0.710. The molecule has 15 heavy (non-hydrogen) atoms. The third-order valence-corrected chi connectivity index (χ3v) is 2.05. The Balaban J connectivity index is 2.70. The number of hydrogen-bond donors (Lipinski definition) is 1. The van der Waals surface area contributed by atoms with Crippen molar-refractivity contribution in [3.8, 4) is 0 Å². The smallest absolute Gasteiger partial charge is 0.157 e. The van der Waals surface area contributed by atoms with Crippen LogP contribution >= 0.6 is 0 Å². The van der Waals surface area contributed by atoms with Gasteiger partial charge in [0.05, 0.1) is 20.4 Å². The van der Waals surface area contributed by atoms with Gasteiger partial charge in [-0.15, -0.1) is 0 Å². The molecule has 0 amide bonds. The van der Waals surface area contributed by atoms with E-state index in [0.717, 1.165) is 30.4 Å². The van der Waals surface area contributed by atoms with Crippen LogP contribution in [0.1, 0.15) is 6.42 Å². The molecule has 1 N–H and O–H groups in total. The summed E-state index contributed by atoms with van der Waals surface area (Å²) in [5, 5.41) is 3.07. The summed E-state index contributed by atoms with van der Waals surface area (Å²) in [6, 6.07) is 0. The van der Waals surface area contributed by atoms with Gasteiger partial charge in [-0.05, 0) is 23.6 Å². The molecule has 1 saturated heterocycles. The van der Waals surface area contributed by atoms with Crippen molar-refractivity contribution in [2.24, 2.45) is 0 Å². The summed E-state index contributed by atoms with van der Waals surface area (Å²) in [5.74, 6) is -0.408. The summed E-state index contributed by atoms with van der Waals surface area (Å²) in [6.07, 6.45) is 3.24. The van der Waals surface area contributed by atoms with Gasteiger partial charge in [-0.25, -0.2) is 4.39 Å². The van der Waals surface area contributed by atoms with Crippen LogP contribution in [0.4, 0.5) is 4.39 Å². The molecule has 84 valence electrons. The zero-order valence-electron chi connectivity index (χ0n) is 8.88. The number of allylic oxidation sites excluding steroid dienone is 2. The minimum atomic E-state index is -0.408. The Morgan fingerprint density at radius 1 is 1.67 bits per heavy atom. The highest BCUT2D eigenvalue weighted by Crippen LogP contribution is 2.17. The van der Waals surface area contributed by atoms with Crippen molar-refractivity contribution in [3.05, 3.63) is 35.9 Å². The van der Waals surface area contributed by atoms with Crippen LogP contribution in [0.25, 0.3) is 0 Å². The highest BCUT2D eigenvalue weighted by atomic mass is 19.1. The summed E-state index contributed by atoms with van der Waals surface area (Å²) in [6.45, 7) is 5.56. The van der Waals surface area contributed by atoms with Crippen LogP contribution in [0.3, 0.4) is 0 Å². The van der Waals surface area contributed by atoms with E-state index in [-0.39, 0.29) is 0 Å². The van der Waals surface area contributed by atoms with Gasteiger partial charge < -0.3 is 9.47 Å². The summed E-state index contributed by atoms with van der Waals surface area (Å²) < 4.78 is 23.0. The monoisotopic (exact) mass is 213 g/mol. The molecule has 0 unspecified atom stereocenters. The maximum absolute atomic E-state index is 13.2. The Labute approximate surface area is 89.3 Å². The number of ether oxygens (including phenoxy) is 2. The van der Waals surface area contributed by atoms with Gasteiger partial charge in [-0.1, -0.05) is 6.58 Å². The average Bonchev–Trinajstić information content (AvgIpc) is 2.18. The van der Waals surface area contributed by atoms with E-state index in [0.29, 0.717) is 13.3 Å². The van der Waals surface area contributed by atoms with Gasteiger partial charge in [0.25, 0.3) is 0 Å². The average molecular weight is 213 g/mol. The first-order chi connectivity index (χ1) is 7.24. The zero-order chi connectivity index (χ0) is 11.1. The molecule has 4 heteroatoms. The molecule has 0 aromatic heterocycles. The van der Waals surface area contributed by atoms with Crippen molar-refractivity contribution >= 4 is 0 Å². The second kappa shape index (κ2) is 6.37. The van der Waals surface area contributed by atoms with Gasteiger partial charge in [-0.3, -0.25) is 5.32 Å². The highest BCUT2D eigenvalue weighted by molar-refractivity contribution is 5.34. The van der Waals surface area contributed by atoms with Crippen molar-refractivity contribution in [2.75, 3.05) is 27.0 Å². The predicted molar refractivity (Wildman–Crippen MR) is 56.9 cm³/mol. The van der Waals surface area contributed by atoms with Crippen LogP contribution in [0.15, 0.2) is 35.9 Å². The molecule has 0 aliphatic carbocycles. The van der Waals surface area contributed by atoms with Crippen LogP contribution in [0, 0.1) is 0 Å². The van der Waals surface area contributed by atoms with Crippen molar-refractivity contribution in [3.63, 3.8) is 0 Å². The number of methoxy groups -OCH3 is 1. The molecule has 0 aromatic rings. The molecular formula is C11H16FNO2. The number of rotatable bonds is 2. The molecular weight excluding hydrogens is 197 g/mol. The highest BCUT2D eigenvalue weighted by Gasteiger charge is 2.07. The lowest BCUT2D eigenvalue weighted by molar-refractivity contribution is 0.134. The Bertz CT molecular complexity index is 284. The van der Waals surface area contributed by atoms with Crippen LogP contribution in [-0.2, 0) is 9.47 Å². The first-order valence-corrected chi connectivity index (χ1v) is 4.79. The van der Waals surface area contributed by atoms with Crippen LogP contribution in [0.2, 0.25) is 0 Å².